The Labute approximate surface area is 101 Å². The third-order valence-corrected chi connectivity index (χ3v) is 4.20. The Kier molecular flexibility index (Phi) is 6.12. The van der Waals surface area contributed by atoms with Crippen LogP contribution in [0.5, 0.6) is 0 Å². The molecule has 1 nitrogen and oxygen atoms in total. The van der Waals surface area contributed by atoms with Crippen LogP contribution in [-0.4, -0.2) is 11.2 Å². The topological polar surface area (TPSA) is 20.2 Å². The zero-order valence-electron chi connectivity index (χ0n) is 11.2. The Hall–Kier alpha value is -0.300. The first-order valence-electron chi connectivity index (χ1n) is 7.02. The van der Waals surface area contributed by atoms with Crippen LogP contribution in [0.4, 0.5) is 0 Å². The van der Waals surface area contributed by atoms with E-state index in [0.717, 1.165) is 31.1 Å². The van der Waals surface area contributed by atoms with E-state index in [-0.39, 0.29) is 6.10 Å². The van der Waals surface area contributed by atoms with E-state index < -0.39 is 0 Å². The summed E-state index contributed by atoms with van der Waals surface area (Å²) in [5, 5.41) is 9.64. The predicted molar refractivity (Wildman–Crippen MR) is 70.4 cm³/mol. The molecular formula is C15H28O. The van der Waals surface area contributed by atoms with Crippen molar-refractivity contribution in [1.29, 1.82) is 0 Å². The van der Waals surface area contributed by atoms with Gasteiger partial charge in [0.05, 0.1) is 6.10 Å². The summed E-state index contributed by atoms with van der Waals surface area (Å²) in [5.41, 5.74) is 1.60. The molecule has 0 radical (unpaired) electrons. The molecule has 0 aromatic rings. The molecule has 16 heavy (non-hydrogen) atoms. The smallest absolute Gasteiger partial charge is 0.0540 e. The zero-order valence-corrected chi connectivity index (χ0v) is 11.2. The SMILES string of the molecule is C/C=C(/CCC(O)CC)C1CCCCC1C. The van der Waals surface area contributed by atoms with Gasteiger partial charge in [-0.05, 0) is 44.4 Å². The Morgan fingerprint density at radius 3 is 2.62 bits per heavy atom. The maximum absolute atomic E-state index is 9.64. The minimum absolute atomic E-state index is 0.103. The lowest BCUT2D eigenvalue weighted by molar-refractivity contribution is 0.158. The molecule has 0 heterocycles. The third kappa shape index (κ3) is 3.93. The van der Waals surface area contributed by atoms with Gasteiger partial charge in [-0.2, -0.15) is 0 Å². The Bertz CT molecular complexity index is 219. The molecule has 0 bridgehead atoms. The van der Waals surface area contributed by atoms with Crippen molar-refractivity contribution in [3.63, 3.8) is 0 Å². The van der Waals surface area contributed by atoms with Crippen molar-refractivity contribution in [2.45, 2.75) is 71.8 Å². The average Bonchev–Trinajstić information content (AvgIpc) is 2.31. The highest BCUT2D eigenvalue weighted by molar-refractivity contribution is 5.08. The van der Waals surface area contributed by atoms with E-state index in [1.165, 1.54) is 25.7 Å². The van der Waals surface area contributed by atoms with Crippen LogP contribution in [0, 0.1) is 11.8 Å². The van der Waals surface area contributed by atoms with E-state index in [1.54, 1.807) is 5.57 Å². The molecule has 0 aromatic carbocycles. The maximum atomic E-state index is 9.64. The number of aliphatic hydroxyl groups excluding tert-OH is 1. The zero-order chi connectivity index (χ0) is 12.0. The van der Waals surface area contributed by atoms with Crippen molar-refractivity contribution >= 4 is 0 Å². The number of allylic oxidation sites excluding steroid dienone is 2. The fourth-order valence-corrected chi connectivity index (χ4v) is 2.95. The summed E-state index contributed by atoms with van der Waals surface area (Å²) < 4.78 is 0. The van der Waals surface area contributed by atoms with Gasteiger partial charge in [-0.15, -0.1) is 0 Å². The molecular weight excluding hydrogens is 196 g/mol. The highest BCUT2D eigenvalue weighted by atomic mass is 16.3. The molecule has 1 heteroatoms. The highest BCUT2D eigenvalue weighted by Crippen LogP contribution is 2.36. The number of hydrogen-bond acceptors (Lipinski definition) is 1. The second kappa shape index (κ2) is 7.11. The third-order valence-electron chi connectivity index (χ3n) is 4.20. The van der Waals surface area contributed by atoms with Crippen molar-refractivity contribution in [3.8, 4) is 0 Å². The van der Waals surface area contributed by atoms with Gasteiger partial charge in [0.15, 0.2) is 0 Å². The van der Waals surface area contributed by atoms with Gasteiger partial charge >= 0.3 is 0 Å². The summed E-state index contributed by atoms with van der Waals surface area (Å²) in [5.74, 6) is 1.64. The van der Waals surface area contributed by atoms with E-state index in [0.29, 0.717) is 0 Å². The first-order valence-corrected chi connectivity index (χ1v) is 7.02. The molecule has 0 aromatic heterocycles. The highest BCUT2D eigenvalue weighted by Gasteiger charge is 2.24. The van der Waals surface area contributed by atoms with E-state index in [1.807, 2.05) is 0 Å². The monoisotopic (exact) mass is 224 g/mol. The molecule has 0 spiro atoms. The quantitative estimate of drug-likeness (QED) is 0.690. The normalized spacial score (nSPS) is 29.1. The predicted octanol–water partition coefficient (Wildman–Crippen LogP) is 4.31. The van der Waals surface area contributed by atoms with Crippen molar-refractivity contribution < 1.29 is 5.11 Å². The van der Waals surface area contributed by atoms with Gasteiger partial charge in [0.2, 0.25) is 0 Å². The molecule has 1 saturated carbocycles. The lowest BCUT2D eigenvalue weighted by Gasteiger charge is -2.31. The number of rotatable bonds is 5. The van der Waals surface area contributed by atoms with Crippen molar-refractivity contribution in [2.24, 2.45) is 11.8 Å². The van der Waals surface area contributed by atoms with Crippen LogP contribution in [-0.2, 0) is 0 Å². The van der Waals surface area contributed by atoms with Crippen LogP contribution in [0.25, 0.3) is 0 Å². The van der Waals surface area contributed by atoms with E-state index >= 15 is 0 Å². The summed E-state index contributed by atoms with van der Waals surface area (Å²) in [4.78, 5) is 0. The first-order chi connectivity index (χ1) is 7.69. The second-order valence-electron chi connectivity index (χ2n) is 5.33. The fraction of sp³-hybridized carbons (Fsp3) is 0.867. The van der Waals surface area contributed by atoms with Gasteiger partial charge in [-0.25, -0.2) is 0 Å². The maximum Gasteiger partial charge on any atom is 0.0540 e. The van der Waals surface area contributed by atoms with Gasteiger partial charge in [-0.3, -0.25) is 0 Å². The Morgan fingerprint density at radius 2 is 2.06 bits per heavy atom. The molecule has 1 aliphatic rings. The van der Waals surface area contributed by atoms with Crippen LogP contribution in [0.3, 0.4) is 0 Å². The van der Waals surface area contributed by atoms with Gasteiger partial charge < -0.3 is 5.11 Å². The molecule has 0 saturated heterocycles. The molecule has 1 fully saturated rings. The van der Waals surface area contributed by atoms with Gasteiger partial charge in [-0.1, -0.05) is 44.8 Å². The summed E-state index contributed by atoms with van der Waals surface area (Å²) in [7, 11) is 0. The average molecular weight is 224 g/mol. The summed E-state index contributed by atoms with van der Waals surface area (Å²) in [6.07, 6.45) is 10.7. The largest absolute Gasteiger partial charge is 0.393 e. The van der Waals surface area contributed by atoms with Gasteiger partial charge in [0, 0.05) is 0 Å². The van der Waals surface area contributed by atoms with Crippen molar-refractivity contribution in [2.75, 3.05) is 0 Å². The molecule has 0 amide bonds. The van der Waals surface area contributed by atoms with E-state index in [4.69, 9.17) is 0 Å². The molecule has 1 rings (SSSR count). The van der Waals surface area contributed by atoms with E-state index in [2.05, 4.69) is 26.8 Å². The minimum Gasteiger partial charge on any atom is -0.393 e. The second-order valence-corrected chi connectivity index (χ2v) is 5.33. The van der Waals surface area contributed by atoms with Crippen molar-refractivity contribution in [1.82, 2.24) is 0 Å². The van der Waals surface area contributed by atoms with Gasteiger partial charge in [0.1, 0.15) is 0 Å². The van der Waals surface area contributed by atoms with E-state index in [9.17, 15) is 5.11 Å². The van der Waals surface area contributed by atoms with Crippen LogP contribution >= 0.6 is 0 Å². The number of aliphatic hydroxyl groups is 1. The summed E-state index contributed by atoms with van der Waals surface area (Å²) >= 11 is 0. The molecule has 1 aliphatic carbocycles. The number of hydrogen-bond donors (Lipinski definition) is 1. The Morgan fingerprint density at radius 1 is 1.38 bits per heavy atom. The van der Waals surface area contributed by atoms with Crippen LogP contribution in [0.2, 0.25) is 0 Å². The molecule has 0 aliphatic heterocycles. The molecule has 94 valence electrons. The molecule has 3 atom stereocenters. The molecule has 1 N–H and O–H groups in total. The standard InChI is InChI=1S/C15H28O/c1-4-13(10-11-14(16)5-2)15-9-7-6-8-12(15)3/h4,12,14-16H,5-11H2,1-3H3/b13-4-. The van der Waals surface area contributed by atoms with Gasteiger partial charge in [0.25, 0.3) is 0 Å². The first kappa shape index (κ1) is 13.8. The fourth-order valence-electron chi connectivity index (χ4n) is 2.95. The van der Waals surface area contributed by atoms with Crippen LogP contribution < -0.4 is 0 Å². The lowest BCUT2D eigenvalue weighted by atomic mass is 9.75. The van der Waals surface area contributed by atoms with Crippen LogP contribution in [0.15, 0.2) is 11.6 Å². The minimum atomic E-state index is -0.103. The van der Waals surface area contributed by atoms with Crippen LogP contribution in [0.1, 0.15) is 65.7 Å². The van der Waals surface area contributed by atoms with Crippen molar-refractivity contribution in [3.05, 3.63) is 11.6 Å². The Balaban J connectivity index is 2.46. The summed E-state index contributed by atoms with van der Waals surface area (Å²) in [6.45, 7) is 6.61. The lowest BCUT2D eigenvalue weighted by Crippen LogP contribution is -2.19. The molecule has 3 unspecified atom stereocenters. The summed E-state index contributed by atoms with van der Waals surface area (Å²) in [6, 6.07) is 0.